The zero-order valence-corrected chi connectivity index (χ0v) is 11.1. The molecule has 0 heterocycles. The first kappa shape index (κ1) is 14.8. The van der Waals surface area contributed by atoms with Crippen molar-refractivity contribution in [2.75, 3.05) is 13.1 Å². The van der Waals surface area contributed by atoms with Crippen LogP contribution in [0.5, 0.6) is 0 Å². The lowest BCUT2D eigenvalue weighted by Gasteiger charge is -2.30. The van der Waals surface area contributed by atoms with Crippen LogP contribution >= 0.6 is 0 Å². The number of halogens is 2. The highest BCUT2D eigenvalue weighted by Gasteiger charge is 2.36. The Hall–Kier alpha value is -0.270. The van der Waals surface area contributed by atoms with Crippen molar-refractivity contribution in [3.8, 4) is 0 Å². The van der Waals surface area contributed by atoms with E-state index in [0.29, 0.717) is 13.1 Å². The Kier molecular flexibility index (Phi) is 4.86. The summed E-state index contributed by atoms with van der Waals surface area (Å²) in [4.78, 5) is 0. The van der Waals surface area contributed by atoms with Crippen LogP contribution in [0.3, 0.4) is 0 Å². The van der Waals surface area contributed by atoms with Crippen LogP contribution < -0.4 is 4.72 Å². The summed E-state index contributed by atoms with van der Waals surface area (Å²) in [6, 6.07) is -0.361. The molecule has 102 valence electrons. The van der Waals surface area contributed by atoms with Gasteiger partial charge in [0.25, 0.3) is 10.2 Å². The minimum Gasteiger partial charge on any atom is -0.207 e. The lowest BCUT2D eigenvalue weighted by Crippen LogP contribution is -2.47. The lowest BCUT2D eigenvalue weighted by molar-refractivity contribution is -0.0388. The van der Waals surface area contributed by atoms with E-state index in [1.165, 1.54) is 4.31 Å². The molecule has 0 unspecified atom stereocenters. The number of nitrogens with one attached hydrogen (secondary N) is 1. The molecular formula is C10H20F2N2O2S. The zero-order chi connectivity index (χ0) is 13.1. The van der Waals surface area contributed by atoms with Crippen molar-refractivity contribution in [1.29, 1.82) is 0 Å². The van der Waals surface area contributed by atoms with E-state index in [1.54, 1.807) is 13.8 Å². The van der Waals surface area contributed by atoms with E-state index in [1.807, 2.05) is 0 Å². The monoisotopic (exact) mass is 270 g/mol. The minimum atomic E-state index is -3.52. The maximum atomic E-state index is 12.9. The van der Waals surface area contributed by atoms with Gasteiger partial charge in [0.05, 0.1) is 0 Å². The maximum absolute atomic E-state index is 12.9. The summed E-state index contributed by atoms with van der Waals surface area (Å²) in [7, 11) is -3.52. The smallest absolute Gasteiger partial charge is 0.207 e. The predicted octanol–water partition coefficient (Wildman–Crippen LogP) is 1.74. The molecular weight excluding hydrogens is 250 g/mol. The maximum Gasteiger partial charge on any atom is 0.279 e. The van der Waals surface area contributed by atoms with Crippen molar-refractivity contribution in [3.05, 3.63) is 0 Å². The van der Waals surface area contributed by atoms with Crippen molar-refractivity contribution in [3.63, 3.8) is 0 Å². The molecule has 0 aromatic carbocycles. The summed E-state index contributed by atoms with van der Waals surface area (Å²) >= 11 is 0. The summed E-state index contributed by atoms with van der Waals surface area (Å²) in [5.41, 5.74) is 0. The van der Waals surface area contributed by atoms with E-state index in [9.17, 15) is 17.2 Å². The van der Waals surface area contributed by atoms with Crippen LogP contribution in [0.2, 0.25) is 0 Å². The number of alkyl halides is 2. The Labute approximate surface area is 102 Å². The van der Waals surface area contributed by atoms with Gasteiger partial charge in [-0.05, 0) is 12.8 Å². The van der Waals surface area contributed by atoms with Gasteiger partial charge in [-0.1, -0.05) is 13.8 Å². The quantitative estimate of drug-likeness (QED) is 0.827. The molecule has 0 bridgehead atoms. The minimum absolute atomic E-state index is 0.202. The first-order chi connectivity index (χ1) is 7.80. The van der Waals surface area contributed by atoms with Crippen LogP contribution in [0, 0.1) is 0 Å². The van der Waals surface area contributed by atoms with E-state index in [4.69, 9.17) is 0 Å². The van der Waals surface area contributed by atoms with Crippen LogP contribution in [0.1, 0.15) is 39.5 Å². The van der Waals surface area contributed by atoms with Gasteiger partial charge in [0.15, 0.2) is 0 Å². The SMILES string of the molecule is CCN(CC)S(=O)(=O)NC1CCC(F)(F)CC1. The first-order valence-corrected chi connectivity index (χ1v) is 7.40. The number of rotatable bonds is 5. The molecule has 0 atom stereocenters. The second kappa shape index (κ2) is 5.58. The fourth-order valence-corrected chi connectivity index (χ4v) is 3.49. The van der Waals surface area contributed by atoms with E-state index < -0.39 is 16.1 Å². The molecule has 1 aliphatic carbocycles. The molecule has 0 aromatic heterocycles. The molecule has 0 aromatic rings. The molecule has 1 aliphatic rings. The van der Waals surface area contributed by atoms with Crippen LogP contribution in [-0.2, 0) is 10.2 Å². The Morgan fingerprint density at radius 2 is 1.71 bits per heavy atom. The lowest BCUT2D eigenvalue weighted by atomic mass is 9.93. The van der Waals surface area contributed by atoms with E-state index in [0.717, 1.165) is 0 Å². The second-order valence-electron chi connectivity index (χ2n) is 4.34. The van der Waals surface area contributed by atoms with Gasteiger partial charge in [-0.3, -0.25) is 0 Å². The fraction of sp³-hybridized carbons (Fsp3) is 1.00. The van der Waals surface area contributed by atoms with Crippen LogP contribution in [0.25, 0.3) is 0 Å². The van der Waals surface area contributed by atoms with Gasteiger partial charge in [0, 0.05) is 32.0 Å². The number of hydrogen-bond acceptors (Lipinski definition) is 2. The van der Waals surface area contributed by atoms with Gasteiger partial charge in [-0.2, -0.15) is 17.4 Å². The molecule has 0 saturated heterocycles. The van der Waals surface area contributed by atoms with Crippen molar-refractivity contribution in [2.24, 2.45) is 0 Å². The predicted molar refractivity (Wildman–Crippen MR) is 62.2 cm³/mol. The van der Waals surface area contributed by atoms with Gasteiger partial charge in [-0.15, -0.1) is 0 Å². The van der Waals surface area contributed by atoms with Crippen molar-refractivity contribution in [2.45, 2.75) is 51.5 Å². The third kappa shape index (κ3) is 4.15. The number of nitrogens with zero attached hydrogens (tertiary/aromatic N) is 1. The molecule has 0 amide bonds. The molecule has 4 nitrogen and oxygen atoms in total. The molecule has 0 spiro atoms. The van der Waals surface area contributed by atoms with Gasteiger partial charge >= 0.3 is 0 Å². The topological polar surface area (TPSA) is 49.4 Å². The summed E-state index contributed by atoms with van der Waals surface area (Å²) < 4.78 is 53.3. The average molecular weight is 270 g/mol. The second-order valence-corrected chi connectivity index (χ2v) is 6.04. The molecule has 1 saturated carbocycles. The highest BCUT2D eigenvalue weighted by Crippen LogP contribution is 2.33. The molecule has 0 radical (unpaired) electrons. The van der Waals surface area contributed by atoms with Crippen LogP contribution in [-0.4, -0.2) is 37.8 Å². The standard InChI is InChI=1S/C10H20F2N2O2S/c1-3-14(4-2)17(15,16)13-9-5-7-10(11,12)8-6-9/h9,13H,3-8H2,1-2H3. The van der Waals surface area contributed by atoms with Gasteiger partial charge in [0.1, 0.15) is 0 Å². The van der Waals surface area contributed by atoms with Crippen molar-refractivity contribution < 1.29 is 17.2 Å². The number of hydrogen-bond donors (Lipinski definition) is 1. The Bertz CT molecular complexity index is 332. The summed E-state index contributed by atoms with van der Waals surface area (Å²) in [5.74, 6) is -2.63. The molecule has 7 heteroatoms. The molecule has 1 N–H and O–H groups in total. The van der Waals surface area contributed by atoms with Gasteiger partial charge in [0.2, 0.25) is 5.92 Å². The summed E-state index contributed by atoms with van der Waals surface area (Å²) in [6.07, 6.45) is -0.0716. The normalized spacial score (nSPS) is 21.9. The molecule has 17 heavy (non-hydrogen) atoms. The van der Waals surface area contributed by atoms with Crippen molar-refractivity contribution >= 4 is 10.2 Å². The Morgan fingerprint density at radius 1 is 1.24 bits per heavy atom. The van der Waals surface area contributed by atoms with Crippen LogP contribution in [0.15, 0.2) is 0 Å². The fourth-order valence-electron chi connectivity index (χ4n) is 2.01. The largest absolute Gasteiger partial charge is 0.279 e. The summed E-state index contributed by atoms with van der Waals surface area (Å²) in [5, 5.41) is 0. The van der Waals surface area contributed by atoms with Crippen molar-refractivity contribution in [1.82, 2.24) is 9.03 Å². The molecule has 1 fully saturated rings. The highest BCUT2D eigenvalue weighted by molar-refractivity contribution is 7.87. The van der Waals surface area contributed by atoms with E-state index in [-0.39, 0.29) is 31.7 Å². The summed E-state index contributed by atoms with van der Waals surface area (Å²) in [6.45, 7) is 4.26. The Balaban J connectivity index is 2.55. The third-order valence-electron chi connectivity index (χ3n) is 3.08. The molecule has 1 rings (SSSR count). The van der Waals surface area contributed by atoms with E-state index in [2.05, 4.69) is 4.72 Å². The van der Waals surface area contributed by atoms with Crippen LogP contribution in [0.4, 0.5) is 8.78 Å². The third-order valence-corrected chi connectivity index (χ3v) is 4.91. The average Bonchev–Trinajstić information content (AvgIpc) is 2.22. The zero-order valence-electron chi connectivity index (χ0n) is 10.2. The van der Waals surface area contributed by atoms with Gasteiger partial charge in [-0.25, -0.2) is 8.78 Å². The highest BCUT2D eigenvalue weighted by atomic mass is 32.2. The Morgan fingerprint density at radius 3 is 2.12 bits per heavy atom. The van der Waals surface area contributed by atoms with Gasteiger partial charge < -0.3 is 0 Å². The first-order valence-electron chi connectivity index (χ1n) is 5.96. The molecule has 0 aliphatic heterocycles. The van der Waals surface area contributed by atoms with E-state index >= 15 is 0 Å².